The Bertz CT molecular complexity index is 445. The van der Waals surface area contributed by atoms with Gasteiger partial charge in [0, 0.05) is 12.0 Å². The maximum Gasteiger partial charge on any atom is 0.161 e. The minimum Gasteiger partial charge on any atom is -0.489 e. The summed E-state index contributed by atoms with van der Waals surface area (Å²) in [5, 5.41) is 3.59. The Hall–Kier alpha value is -1.22. The molecule has 0 bridgehead atoms. The molecule has 2 atom stereocenters. The first-order chi connectivity index (χ1) is 10.1. The van der Waals surface area contributed by atoms with Crippen molar-refractivity contribution in [3.63, 3.8) is 0 Å². The molecule has 0 amide bonds. The van der Waals surface area contributed by atoms with Crippen LogP contribution in [-0.4, -0.2) is 19.8 Å². The lowest BCUT2D eigenvalue weighted by atomic mass is 9.97. The van der Waals surface area contributed by atoms with E-state index >= 15 is 0 Å². The molecule has 2 rings (SSSR count). The third-order valence-electron chi connectivity index (χ3n) is 3.90. The molecule has 3 nitrogen and oxygen atoms in total. The number of hydrogen-bond donors (Lipinski definition) is 1. The summed E-state index contributed by atoms with van der Waals surface area (Å²) in [7, 11) is 0. The zero-order valence-corrected chi connectivity index (χ0v) is 13.8. The minimum atomic E-state index is 0.395. The van der Waals surface area contributed by atoms with Gasteiger partial charge in [0.2, 0.25) is 0 Å². The van der Waals surface area contributed by atoms with E-state index in [4.69, 9.17) is 9.47 Å². The monoisotopic (exact) mass is 291 g/mol. The Labute approximate surface area is 129 Å². The van der Waals surface area contributed by atoms with Crippen LogP contribution in [0.2, 0.25) is 0 Å². The molecule has 0 saturated heterocycles. The van der Waals surface area contributed by atoms with E-state index in [1.54, 1.807) is 0 Å². The summed E-state index contributed by atoms with van der Waals surface area (Å²) in [6.45, 7) is 11.3. The molecule has 1 aromatic carbocycles. The molecule has 3 heteroatoms. The number of hydrogen-bond acceptors (Lipinski definition) is 3. The van der Waals surface area contributed by atoms with Gasteiger partial charge in [0.25, 0.3) is 0 Å². The highest BCUT2D eigenvalue weighted by atomic mass is 16.5. The number of nitrogens with one attached hydrogen (secondary N) is 1. The molecule has 0 aromatic heterocycles. The second kappa shape index (κ2) is 7.69. The average molecular weight is 291 g/mol. The SMILES string of the molecule is CCNC(CCC(C)C)c1ccc2c(c1)OCC(C)CO2. The molecule has 1 aliphatic heterocycles. The van der Waals surface area contributed by atoms with Crippen LogP contribution in [0.15, 0.2) is 18.2 Å². The van der Waals surface area contributed by atoms with Crippen LogP contribution in [0.1, 0.15) is 52.1 Å². The van der Waals surface area contributed by atoms with Crippen LogP contribution in [-0.2, 0) is 0 Å². The predicted molar refractivity (Wildman–Crippen MR) is 87.1 cm³/mol. The van der Waals surface area contributed by atoms with E-state index in [0.717, 1.165) is 43.6 Å². The molecule has 0 fully saturated rings. The first kappa shape index (κ1) is 16.2. The van der Waals surface area contributed by atoms with Crippen molar-refractivity contribution in [1.82, 2.24) is 5.32 Å². The molecule has 0 radical (unpaired) electrons. The maximum atomic E-state index is 5.90. The number of rotatable bonds is 6. The first-order valence-electron chi connectivity index (χ1n) is 8.23. The quantitative estimate of drug-likeness (QED) is 0.853. The highest BCUT2D eigenvalue weighted by Gasteiger charge is 2.18. The summed E-state index contributed by atoms with van der Waals surface area (Å²) in [5.41, 5.74) is 1.30. The molecule has 118 valence electrons. The van der Waals surface area contributed by atoms with Gasteiger partial charge >= 0.3 is 0 Å². The van der Waals surface area contributed by atoms with Gasteiger partial charge in [0.1, 0.15) is 0 Å². The van der Waals surface area contributed by atoms with Crippen LogP contribution >= 0.6 is 0 Å². The Kier molecular flexibility index (Phi) is 5.92. The van der Waals surface area contributed by atoms with E-state index in [0.29, 0.717) is 12.0 Å². The van der Waals surface area contributed by atoms with Crippen LogP contribution in [0.4, 0.5) is 0 Å². The highest BCUT2D eigenvalue weighted by molar-refractivity contribution is 5.44. The fraction of sp³-hybridized carbons (Fsp3) is 0.667. The second-order valence-electron chi connectivity index (χ2n) is 6.51. The third-order valence-corrected chi connectivity index (χ3v) is 3.90. The zero-order chi connectivity index (χ0) is 15.2. The Balaban J connectivity index is 2.14. The summed E-state index contributed by atoms with van der Waals surface area (Å²) >= 11 is 0. The standard InChI is InChI=1S/C18H29NO2/c1-5-19-16(8-6-13(2)3)15-7-9-17-18(10-15)21-12-14(4)11-20-17/h7,9-10,13-14,16,19H,5-6,8,11-12H2,1-4H3. The van der Waals surface area contributed by atoms with Crippen LogP contribution < -0.4 is 14.8 Å². The highest BCUT2D eigenvalue weighted by Crippen LogP contribution is 2.34. The molecule has 0 aliphatic carbocycles. The van der Waals surface area contributed by atoms with Crippen LogP contribution in [0.3, 0.4) is 0 Å². The van der Waals surface area contributed by atoms with E-state index in [2.05, 4.69) is 51.2 Å². The van der Waals surface area contributed by atoms with E-state index in [1.165, 1.54) is 12.0 Å². The number of benzene rings is 1. The van der Waals surface area contributed by atoms with Crippen molar-refractivity contribution >= 4 is 0 Å². The number of ether oxygens (including phenoxy) is 2. The topological polar surface area (TPSA) is 30.5 Å². The van der Waals surface area contributed by atoms with Gasteiger partial charge in [0.15, 0.2) is 11.5 Å². The third kappa shape index (κ3) is 4.63. The van der Waals surface area contributed by atoms with E-state index in [-0.39, 0.29) is 0 Å². The van der Waals surface area contributed by atoms with Crippen molar-refractivity contribution in [1.29, 1.82) is 0 Å². The van der Waals surface area contributed by atoms with Crippen molar-refractivity contribution < 1.29 is 9.47 Å². The van der Waals surface area contributed by atoms with Crippen molar-refractivity contribution in [3.8, 4) is 11.5 Å². The van der Waals surface area contributed by atoms with Gasteiger partial charge in [-0.2, -0.15) is 0 Å². The average Bonchev–Trinajstić information content (AvgIpc) is 2.65. The fourth-order valence-corrected chi connectivity index (χ4v) is 2.62. The summed E-state index contributed by atoms with van der Waals surface area (Å²) in [6.07, 6.45) is 2.38. The van der Waals surface area contributed by atoms with Gasteiger partial charge < -0.3 is 14.8 Å². The van der Waals surface area contributed by atoms with Crippen molar-refractivity contribution in [3.05, 3.63) is 23.8 Å². The molecular weight excluding hydrogens is 262 g/mol. The van der Waals surface area contributed by atoms with Crippen molar-refractivity contribution in [2.24, 2.45) is 11.8 Å². The predicted octanol–water partition coefficient (Wildman–Crippen LogP) is 4.18. The Morgan fingerprint density at radius 2 is 1.86 bits per heavy atom. The van der Waals surface area contributed by atoms with Crippen LogP contribution in [0, 0.1) is 11.8 Å². The molecule has 1 heterocycles. The van der Waals surface area contributed by atoms with Gasteiger partial charge in [-0.3, -0.25) is 0 Å². The van der Waals surface area contributed by atoms with E-state index < -0.39 is 0 Å². The van der Waals surface area contributed by atoms with Gasteiger partial charge in [0.05, 0.1) is 13.2 Å². The van der Waals surface area contributed by atoms with Crippen LogP contribution in [0.5, 0.6) is 11.5 Å². The first-order valence-corrected chi connectivity index (χ1v) is 8.23. The zero-order valence-electron chi connectivity index (χ0n) is 13.8. The summed E-state index contributed by atoms with van der Waals surface area (Å²) < 4.78 is 11.7. The molecule has 1 aliphatic rings. The molecule has 21 heavy (non-hydrogen) atoms. The largest absolute Gasteiger partial charge is 0.489 e. The van der Waals surface area contributed by atoms with Gasteiger partial charge in [-0.05, 0) is 43.0 Å². The Morgan fingerprint density at radius 1 is 1.14 bits per heavy atom. The van der Waals surface area contributed by atoms with Crippen molar-refractivity contribution in [2.75, 3.05) is 19.8 Å². The molecule has 1 N–H and O–H groups in total. The minimum absolute atomic E-state index is 0.395. The molecule has 0 spiro atoms. The van der Waals surface area contributed by atoms with Crippen LogP contribution in [0.25, 0.3) is 0 Å². The number of fused-ring (bicyclic) bond motifs is 1. The molecular formula is C18H29NO2. The molecule has 0 saturated carbocycles. The Morgan fingerprint density at radius 3 is 2.52 bits per heavy atom. The molecule has 2 unspecified atom stereocenters. The maximum absolute atomic E-state index is 5.90. The summed E-state index contributed by atoms with van der Waals surface area (Å²) in [5.74, 6) is 2.94. The normalized spacial score (nSPS) is 19.4. The van der Waals surface area contributed by atoms with Crippen molar-refractivity contribution in [2.45, 2.75) is 46.6 Å². The smallest absolute Gasteiger partial charge is 0.161 e. The van der Waals surface area contributed by atoms with Gasteiger partial charge in [-0.1, -0.05) is 33.8 Å². The lowest BCUT2D eigenvalue weighted by Crippen LogP contribution is -2.21. The summed E-state index contributed by atoms with van der Waals surface area (Å²) in [6, 6.07) is 6.78. The lowest BCUT2D eigenvalue weighted by molar-refractivity contribution is 0.228. The second-order valence-corrected chi connectivity index (χ2v) is 6.51. The lowest BCUT2D eigenvalue weighted by Gasteiger charge is -2.20. The van der Waals surface area contributed by atoms with Gasteiger partial charge in [-0.15, -0.1) is 0 Å². The van der Waals surface area contributed by atoms with E-state index in [9.17, 15) is 0 Å². The van der Waals surface area contributed by atoms with Gasteiger partial charge in [-0.25, -0.2) is 0 Å². The van der Waals surface area contributed by atoms with E-state index in [1.807, 2.05) is 0 Å². The summed E-state index contributed by atoms with van der Waals surface area (Å²) in [4.78, 5) is 0. The fourth-order valence-electron chi connectivity index (χ4n) is 2.62. The molecule has 1 aromatic rings.